The molecule has 5 rings (SSSR count). The van der Waals surface area contributed by atoms with E-state index in [1.807, 2.05) is 6.07 Å². The summed E-state index contributed by atoms with van der Waals surface area (Å²) in [5.41, 5.74) is 4.41. The summed E-state index contributed by atoms with van der Waals surface area (Å²) < 4.78 is 34.5. The summed E-state index contributed by atoms with van der Waals surface area (Å²) in [5.74, 6) is 0.433. The molecule has 0 amide bonds. The molecule has 2 N–H and O–H groups in total. The summed E-state index contributed by atoms with van der Waals surface area (Å²) in [6.07, 6.45) is 5.03. The highest BCUT2D eigenvalue weighted by molar-refractivity contribution is 6.16. The second-order valence-electron chi connectivity index (χ2n) is 8.47. The number of nitrogens with one attached hydrogen (secondary N) is 2. The number of benzene rings is 2. The van der Waals surface area contributed by atoms with Gasteiger partial charge in [0.1, 0.15) is 18.6 Å². The average Bonchev–Trinajstić information content (AvgIpc) is 3.29. The normalized spacial score (nSPS) is 16.1. The van der Waals surface area contributed by atoms with Gasteiger partial charge in [0.15, 0.2) is 5.75 Å². The van der Waals surface area contributed by atoms with Gasteiger partial charge in [0.2, 0.25) is 0 Å². The number of aromatic amines is 2. The van der Waals surface area contributed by atoms with Gasteiger partial charge >= 0.3 is 0 Å². The lowest BCUT2D eigenvalue weighted by Gasteiger charge is -2.17. The first-order valence-electron chi connectivity index (χ1n) is 11.0. The molecule has 1 unspecified atom stereocenters. The van der Waals surface area contributed by atoms with Crippen molar-refractivity contribution in [2.75, 3.05) is 26.7 Å². The van der Waals surface area contributed by atoms with E-state index < -0.39 is 6.17 Å². The van der Waals surface area contributed by atoms with Gasteiger partial charge in [0.25, 0.3) is 0 Å². The predicted molar refractivity (Wildman–Crippen MR) is 123 cm³/mol. The Morgan fingerprint density at radius 2 is 1.94 bits per heavy atom. The minimum atomic E-state index is -1.00. The number of nitrogens with zero attached hydrogens (tertiary/aromatic N) is 1. The Balaban J connectivity index is 1.63. The van der Waals surface area contributed by atoms with Crippen LogP contribution in [-0.2, 0) is 6.42 Å². The Bertz CT molecular complexity index is 1290. The molecule has 0 fully saturated rings. The number of halogens is 2. The monoisotopic (exact) mass is 423 g/mol. The number of ether oxygens (including phenoxy) is 1. The van der Waals surface area contributed by atoms with Gasteiger partial charge in [-0.2, -0.15) is 0 Å². The zero-order chi connectivity index (χ0) is 21.5. The predicted octanol–water partition coefficient (Wildman–Crippen LogP) is 5.96. The third kappa shape index (κ3) is 3.59. The van der Waals surface area contributed by atoms with Gasteiger partial charge in [-0.15, -0.1) is 0 Å². The van der Waals surface area contributed by atoms with E-state index in [0.717, 1.165) is 69.9 Å². The molecule has 1 atom stereocenters. The first-order valence-corrected chi connectivity index (χ1v) is 11.0. The van der Waals surface area contributed by atoms with Crippen LogP contribution in [0, 0.1) is 5.82 Å². The fraction of sp³-hybridized carbons (Fsp3) is 0.360. The number of likely N-dealkylation sites (N-methyl/N-ethyl adjacent to an activating group) is 1. The number of hydrogen-bond donors (Lipinski definition) is 2. The Labute approximate surface area is 179 Å². The molecule has 0 spiro atoms. The number of unbranched alkanes of at least 4 members (excludes halogenated alkanes) is 1. The van der Waals surface area contributed by atoms with E-state index in [-0.39, 0.29) is 5.82 Å². The van der Waals surface area contributed by atoms with Gasteiger partial charge < -0.3 is 19.6 Å². The molecule has 31 heavy (non-hydrogen) atoms. The fourth-order valence-electron chi connectivity index (χ4n) is 4.51. The fourth-order valence-corrected chi connectivity index (χ4v) is 4.51. The van der Waals surface area contributed by atoms with Crippen LogP contribution >= 0.6 is 0 Å². The lowest BCUT2D eigenvalue weighted by atomic mass is 9.98. The van der Waals surface area contributed by atoms with Crippen molar-refractivity contribution in [2.45, 2.75) is 32.4 Å². The maximum absolute atomic E-state index is 14.1. The van der Waals surface area contributed by atoms with Crippen LogP contribution < -0.4 is 4.74 Å². The van der Waals surface area contributed by atoms with Crippen LogP contribution in [0.25, 0.3) is 38.8 Å². The number of hydrogen-bond acceptors (Lipinski definition) is 2. The van der Waals surface area contributed by atoms with Crippen LogP contribution in [0.15, 0.2) is 30.3 Å². The van der Waals surface area contributed by atoms with Crippen LogP contribution in [0.4, 0.5) is 8.78 Å². The van der Waals surface area contributed by atoms with Gasteiger partial charge in [-0.3, -0.25) is 0 Å². The molecule has 4 aromatic rings. The largest absolute Gasteiger partial charge is 0.488 e. The summed E-state index contributed by atoms with van der Waals surface area (Å²) in [6, 6.07) is 6.77. The summed E-state index contributed by atoms with van der Waals surface area (Å²) in [6.45, 7) is 4.55. The summed E-state index contributed by atoms with van der Waals surface area (Å²) in [7, 11) is 2.10. The van der Waals surface area contributed by atoms with E-state index in [9.17, 15) is 8.78 Å². The first kappa shape index (κ1) is 20.1. The van der Waals surface area contributed by atoms with E-state index in [2.05, 4.69) is 28.8 Å². The van der Waals surface area contributed by atoms with Crippen molar-refractivity contribution >= 4 is 38.8 Å². The standard InChI is InChI=1S/C25H27F2N3O/c1-3-4-9-30(2)10-11-31-25-23-19(17-12-15(26)5-7-21(17)28-23)14-20-18-13-16(27)6-8-22(18)29-24(20)25/h5-8,12,14,16,28-29H,3-4,9-11,13H2,1-2H3. The Morgan fingerprint density at radius 3 is 2.77 bits per heavy atom. The quantitative estimate of drug-likeness (QED) is 0.385. The van der Waals surface area contributed by atoms with E-state index in [1.165, 1.54) is 6.07 Å². The first-order chi connectivity index (χ1) is 15.0. The Kier molecular flexibility index (Phi) is 5.18. The zero-order valence-electron chi connectivity index (χ0n) is 17.9. The molecule has 1 aliphatic carbocycles. The molecule has 0 saturated carbocycles. The summed E-state index contributed by atoms with van der Waals surface area (Å²) in [4.78, 5) is 9.11. The molecule has 2 heterocycles. The van der Waals surface area contributed by atoms with Crippen LogP contribution in [0.2, 0.25) is 0 Å². The topological polar surface area (TPSA) is 44.0 Å². The zero-order valence-corrected chi connectivity index (χ0v) is 17.9. The van der Waals surface area contributed by atoms with Crippen molar-refractivity contribution in [1.29, 1.82) is 0 Å². The van der Waals surface area contributed by atoms with Crippen molar-refractivity contribution in [3.8, 4) is 5.75 Å². The molecule has 2 aromatic carbocycles. The van der Waals surface area contributed by atoms with Crippen LogP contribution in [-0.4, -0.2) is 47.8 Å². The van der Waals surface area contributed by atoms with Gasteiger partial charge in [0.05, 0.1) is 11.0 Å². The van der Waals surface area contributed by atoms with Crippen LogP contribution in [0.3, 0.4) is 0 Å². The highest BCUT2D eigenvalue weighted by atomic mass is 19.1. The van der Waals surface area contributed by atoms with Crippen molar-refractivity contribution in [2.24, 2.45) is 0 Å². The minimum absolute atomic E-state index is 0.281. The second kappa shape index (κ2) is 8.00. The molecule has 0 radical (unpaired) electrons. The number of fused-ring (bicyclic) bond motifs is 6. The maximum atomic E-state index is 14.1. The van der Waals surface area contributed by atoms with E-state index >= 15 is 0 Å². The van der Waals surface area contributed by atoms with Gasteiger partial charge in [-0.05, 0) is 62.0 Å². The number of rotatable bonds is 7. The molecule has 6 heteroatoms. The molecule has 1 aliphatic rings. The molecule has 0 bridgehead atoms. The van der Waals surface area contributed by atoms with Gasteiger partial charge in [-0.1, -0.05) is 13.3 Å². The smallest absolute Gasteiger partial charge is 0.167 e. The highest BCUT2D eigenvalue weighted by Crippen LogP contribution is 2.41. The third-order valence-electron chi connectivity index (χ3n) is 6.21. The molecule has 162 valence electrons. The lowest BCUT2D eigenvalue weighted by molar-refractivity contribution is 0.238. The maximum Gasteiger partial charge on any atom is 0.167 e. The Hall–Kier alpha value is -2.86. The number of H-pyrrole nitrogens is 2. The molecule has 0 aliphatic heterocycles. The summed E-state index contributed by atoms with van der Waals surface area (Å²) in [5, 5.41) is 2.64. The highest BCUT2D eigenvalue weighted by Gasteiger charge is 2.23. The van der Waals surface area contributed by atoms with Crippen molar-refractivity contribution in [1.82, 2.24) is 14.9 Å². The summed E-state index contributed by atoms with van der Waals surface area (Å²) >= 11 is 0. The molecule has 2 aromatic heterocycles. The van der Waals surface area contributed by atoms with E-state index in [0.29, 0.717) is 18.8 Å². The van der Waals surface area contributed by atoms with Crippen LogP contribution in [0.5, 0.6) is 5.75 Å². The number of aromatic nitrogens is 2. The Morgan fingerprint density at radius 1 is 1.10 bits per heavy atom. The van der Waals surface area contributed by atoms with Crippen molar-refractivity contribution < 1.29 is 13.5 Å². The van der Waals surface area contributed by atoms with E-state index in [1.54, 1.807) is 24.3 Å². The van der Waals surface area contributed by atoms with Crippen molar-refractivity contribution in [3.63, 3.8) is 0 Å². The number of alkyl halides is 1. The molecular formula is C25H27F2N3O. The molecule has 0 saturated heterocycles. The lowest BCUT2D eigenvalue weighted by Crippen LogP contribution is -2.25. The molecule has 4 nitrogen and oxygen atoms in total. The van der Waals surface area contributed by atoms with Gasteiger partial charge in [0, 0.05) is 40.3 Å². The SMILES string of the molecule is CCCCN(C)CCOc1c2[nH]c3c(c2cc2c1[nH]c1ccc(F)cc12)CC(F)C=C3. The van der Waals surface area contributed by atoms with Crippen LogP contribution in [0.1, 0.15) is 31.0 Å². The molecular weight excluding hydrogens is 396 g/mol. The van der Waals surface area contributed by atoms with Gasteiger partial charge in [-0.25, -0.2) is 8.78 Å². The second-order valence-corrected chi connectivity index (χ2v) is 8.47. The van der Waals surface area contributed by atoms with Crippen molar-refractivity contribution in [3.05, 3.63) is 47.4 Å². The third-order valence-corrected chi connectivity index (χ3v) is 6.21. The average molecular weight is 424 g/mol. The van der Waals surface area contributed by atoms with E-state index in [4.69, 9.17) is 4.74 Å². The number of allylic oxidation sites excluding steroid dienone is 1. The minimum Gasteiger partial charge on any atom is -0.488 e.